The van der Waals surface area contributed by atoms with Gasteiger partial charge in [0.05, 0.1) is 27.7 Å². The van der Waals surface area contributed by atoms with Gasteiger partial charge in [-0.1, -0.05) is 41.5 Å². The summed E-state index contributed by atoms with van der Waals surface area (Å²) in [4.78, 5) is 29.5. The number of amides is 2. The topological polar surface area (TPSA) is 305 Å². The largest absolute Gasteiger partial charge is 0.492 e. The number of benzene rings is 3. The predicted molar refractivity (Wildman–Crippen MR) is 228 cm³/mol. The van der Waals surface area contributed by atoms with Crippen molar-refractivity contribution in [1.82, 2.24) is 16.0 Å². The molecule has 0 atom stereocenters. The first kappa shape index (κ1) is 43.9. The van der Waals surface area contributed by atoms with Crippen LogP contribution in [0.15, 0.2) is 52.3 Å². The molecule has 2 amide bonds. The third-order valence-electron chi connectivity index (χ3n) is 7.91. The normalized spacial score (nSPS) is 11.3. The summed E-state index contributed by atoms with van der Waals surface area (Å²) in [5.41, 5.74) is 32.9. The SMILES string of the molecule is CC(C)(C)c1cc(N)c(SCCNC(=N)N)c(NC(=O)c2cc(OCCNC(=N)N)cc(C(=O)Nc3cc(C(C)(C)C)cc(N)c3SCCNC(=N)N)c2)c1. The minimum atomic E-state index is -0.510. The maximum absolute atomic E-state index is 14.1. The molecule has 18 N–H and O–H groups in total. The first-order valence-electron chi connectivity index (χ1n) is 17.4. The van der Waals surface area contributed by atoms with Crippen LogP contribution in [-0.4, -0.2) is 67.4 Å². The average Bonchev–Trinajstić information content (AvgIpc) is 3.07. The summed E-state index contributed by atoms with van der Waals surface area (Å²) in [5.74, 6) is -0.272. The van der Waals surface area contributed by atoms with Gasteiger partial charge < -0.3 is 60.0 Å². The molecule has 0 aliphatic rings. The van der Waals surface area contributed by atoms with Crippen molar-refractivity contribution in [2.75, 3.05) is 59.8 Å². The van der Waals surface area contributed by atoms with Gasteiger partial charge in [0, 0.05) is 47.1 Å². The molecule has 298 valence electrons. The number of nitrogens with one attached hydrogen (secondary N) is 8. The van der Waals surface area contributed by atoms with Crippen LogP contribution in [0.25, 0.3) is 0 Å². The van der Waals surface area contributed by atoms with E-state index in [4.69, 9.17) is 49.6 Å². The van der Waals surface area contributed by atoms with Crippen molar-refractivity contribution >= 4 is 76.0 Å². The minimum absolute atomic E-state index is 0.0875. The lowest BCUT2D eigenvalue weighted by Crippen LogP contribution is -2.33. The minimum Gasteiger partial charge on any atom is -0.492 e. The van der Waals surface area contributed by atoms with Crippen LogP contribution in [0.5, 0.6) is 5.75 Å². The second-order valence-electron chi connectivity index (χ2n) is 14.6. The van der Waals surface area contributed by atoms with E-state index in [1.807, 2.05) is 65.8 Å². The molecule has 0 aliphatic carbocycles. The van der Waals surface area contributed by atoms with E-state index < -0.39 is 11.8 Å². The van der Waals surface area contributed by atoms with E-state index in [0.29, 0.717) is 57.1 Å². The number of thioether (sulfide) groups is 2. The summed E-state index contributed by atoms with van der Waals surface area (Å²) in [5, 5.41) is 36.6. The van der Waals surface area contributed by atoms with Crippen LogP contribution in [0.2, 0.25) is 0 Å². The lowest BCUT2D eigenvalue weighted by molar-refractivity contribution is 0.102. The molecule has 0 unspecified atom stereocenters. The molecule has 0 saturated heterocycles. The van der Waals surface area contributed by atoms with Crippen LogP contribution >= 0.6 is 23.5 Å². The van der Waals surface area contributed by atoms with Crippen molar-refractivity contribution in [3.8, 4) is 5.75 Å². The Morgan fingerprint density at radius 1 is 0.618 bits per heavy atom. The molecule has 0 saturated carbocycles. The molecule has 0 fully saturated rings. The van der Waals surface area contributed by atoms with Gasteiger partial charge in [0.2, 0.25) is 0 Å². The van der Waals surface area contributed by atoms with Crippen LogP contribution in [0.1, 0.15) is 73.4 Å². The molecule has 0 aliphatic heterocycles. The Balaban J connectivity index is 2.05. The van der Waals surface area contributed by atoms with E-state index in [-0.39, 0.29) is 58.7 Å². The molecule has 0 bridgehead atoms. The molecule has 0 spiro atoms. The molecule has 18 heteroatoms. The van der Waals surface area contributed by atoms with Gasteiger partial charge in [-0.2, -0.15) is 0 Å². The number of carbonyl (C=O) groups excluding carboxylic acids is 2. The zero-order chi connectivity index (χ0) is 41.1. The van der Waals surface area contributed by atoms with Gasteiger partial charge in [-0.3, -0.25) is 25.8 Å². The molecule has 0 aromatic heterocycles. The summed E-state index contributed by atoms with van der Waals surface area (Å²) >= 11 is 2.81. The van der Waals surface area contributed by atoms with Crippen molar-refractivity contribution in [3.05, 3.63) is 64.7 Å². The molecule has 0 heterocycles. The van der Waals surface area contributed by atoms with Crippen molar-refractivity contribution in [2.24, 2.45) is 17.2 Å². The third-order valence-corrected chi connectivity index (χ3v) is 10.2. The lowest BCUT2D eigenvalue weighted by Gasteiger charge is -2.23. The molecule has 3 aromatic rings. The summed E-state index contributed by atoms with van der Waals surface area (Å²) in [6, 6.07) is 12.1. The van der Waals surface area contributed by atoms with Crippen LogP contribution in [0, 0.1) is 16.2 Å². The highest BCUT2D eigenvalue weighted by Crippen LogP contribution is 2.39. The van der Waals surface area contributed by atoms with E-state index in [0.717, 1.165) is 11.1 Å². The molecular formula is C37H55N13O3S2. The Kier molecular flexibility index (Phi) is 15.3. The fraction of sp³-hybridized carbons (Fsp3) is 0.378. The molecule has 55 heavy (non-hydrogen) atoms. The lowest BCUT2D eigenvalue weighted by atomic mass is 9.86. The Morgan fingerprint density at radius 3 is 1.36 bits per heavy atom. The number of hydrogen-bond donors (Lipinski definition) is 13. The number of hydrogen-bond acceptors (Lipinski definition) is 10. The van der Waals surface area contributed by atoms with Crippen molar-refractivity contribution < 1.29 is 14.3 Å². The van der Waals surface area contributed by atoms with Gasteiger partial charge in [0.1, 0.15) is 12.4 Å². The van der Waals surface area contributed by atoms with E-state index in [9.17, 15) is 9.59 Å². The first-order valence-corrected chi connectivity index (χ1v) is 19.4. The Morgan fingerprint density at radius 2 is 1.00 bits per heavy atom. The molecule has 16 nitrogen and oxygen atoms in total. The number of ether oxygens (including phenoxy) is 1. The quantitative estimate of drug-likeness (QED) is 0.0322. The number of nitrogens with two attached hydrogens (primary N) is 5. The standard InChI is InChI=1S/C37H55N13O3S2/c1-36(2,3)22-16-25(38)29(54-11-8-47-34(42)43)27(18-22)49-31(51)20-13-21(15-24(14-20)53-10-7-46-33(40)41)32(52)50-28-19-23(37(4,5)6)17-26(39)30(28)55-12-9-48-35(44)45/h13-19H,7-12,38-39H2,1-6H3,(H,49,51)(H,50,52)(H4,40,41,46)(H4,42,43,47)(H4,44,45,48). The smallest absolute Gasteiger partial charge is 0.255 e. The Bertz CT molecular complexity index is 1780. The monoisotopic (exact) mass is 793 g/mol. The van der Waals surface area contributed by atoms with Gasteiger partial charge in [-0.15, -0.1) is 23.5 Å². The zero-order valence-corrected chi connectivity index (χ0v) is 33.8. The van der Waals surface area contributed by atoms with Crippen molar-refractivity contribution in [3.63, 3.8) is 0 Å². The fourth-order valence-corrected chi connectivity index (χ4v) is 6.84. The molecule has 3 aromatic carbocycles. The second kappa shape index (κ2) is 19.2. The van der Waals surface area contributed by atoms with Crippen LogP contribution in [0.3, 0.4) is 0 Å². The van der Waals surface area contributed by atoms with Gasteiger partial charge in [0.25, 0.3) is 11.8 Å². The molecule has 0 radical (unpaired) electrons. The zero-order valence-electron chi connectivity index (χ0n) is 32.2. The first-order chi connectivity index (χ1) is 25.6. The highest BCUT2D eigenvalue weighted by atomic mass is 32.2. The van der Waals surface area contributed by atoms with E-state index >= 15 is 0 Å². The maximum atomic E-state index is 14.1. The second-order valence-corrected chi connectivity index (χ2v) is 16.8. The van der Waals surface area contributed by atoms with Crippen LogP contribution < -0.4 is 60.0 Å². The fourth-order valence-electron chi connectivity index (χ4n) is 5.04. The maximum Gasteiger partial charge on any atom is 0.255 e. The summed E-state index contributed by atoms with van der Waals surface area (Å²) in [6.45, 7) is 13.4. The van der Waals surface area contributed by atoms with E-state index in [1.165, 1.54) is 41.7 Å². The highest BCUT2D eigenvalue weighted by molar-refractivity contribution is 7.99. The van der Waals surface area contributed by atoms with Gasteiger partial charge in [-0.05, 0) is 64.4 Å². The number of nitrogen functional groups attached to an aromatic ring is 2. The van der Waals surface area contributed by atoms with Crippen LogP contribution in [-0.2, 0) is 10.8 Å². The van der Waals surface area contributed by atoms with E-state index in [1.54, 1.807) is 0 Å². The number of guanidine groups is 3. The summed E-state index contributed by atoms with van der Waals surface area (Å²) in [7, 11) is 0. The highest BCUT2D eigenvalue weighted by Gasteiger charge is 2.23. The number of carbonyl (C=O) groups is 2. The van der Waals surface area contributed by atoms with Crippen molar-refractivity contribution in [2.45, 2.75) is 62.2 Å². The summed E-state index contributed by atoms with van der Waals surface area (Å²) < 4.78 is 5.93. The average molecular weight is 794 g/mol. The van der Waals surface area contributed by atoms with E-state index in [2.05, 4.69) is 26.6 Å². The van der Waals surface area contributed by atoms with Crippen molar-refractivity contribution in [1.29, 1.82) is 16.2 Å². The Hall–Kier alpha value is -5.49. The third kappa shape index (κ3) is 13.7. The molecule has 3 rings (SSSR count). The Labute approximate surface area is 331 Å². The van der Waals surface area contributed by atoms with Gasteiger partial charge in [-0.25, -0.2) is 0 Å². The van der Waals surface area contributed by atoms with Crippen LogP contribution in [0.4, 0.5) is 22.7 Å². The number of anilines is 4. The van der Waals surface area contributed by atoms with Gasteiger partial charge >= 0.3 is 0 Å². The van der Waals surface area contributed by atoms with Gasteiger partial charge in [0.15, 0.2) is 17.9 Å². The molecular weight excluding hydrogens is 739 g/mol. The number of rotatable bonds is 16. The predicted octanol–water partition coefficient (Wildman–Crippen LogP) is 3.96. The summed E-state index contributed by atoms with van der Waals surface area (Å²) in [6.07, 6.45) is 0.